The van der Waals surface area contributed by atoms with Crippen molar-refractivity contribution in [3.63, 3.8) is 0 Å². The fourth-order valence-corrected chi connectivity index (χ4v) is 3.42. The number of fused-ring (bicyclic) bond motifs is 1. The molecule has 0 fully saturated rings. The topological polar surface area (TPSA) is 81.9 Å². The normalized spacial score (nSPS) is 11.2. The monoisotopic (exact) mass is 345 g/mol. The SMILES string of the molecule is CCOC(=O)c1sc2ncnc(Nc3cnn(C(C)C)c3)c2c1C. The lowest BCUT2D eigenvalue weighted by atomic mass is 10.2. The van der Waals surface area contributed by atoms with E-state index in [4.69, 9.17) is 4.74 Å². The van der Waals surface area contributed by atoms with Gasteiger partial charge in [0.15, 0.2) is 0 Å². The van der Waals surface area contributed by atoms with Crippen LogP contribution in [0.4, 0.5) is 11.5 Å². The van der Waals surface area contributed by atoms with Crippen LogP contribution in [0, 0.1) is 6.92 Å². The summed E-state index contributed by atoms with van der Waals surface area (Å²) in [5.74, 6) is 0.337. The number of aryl methyl sites for hydroxylation is 1. The first-order chi connectivity index (χ1) is 11.5. The van der Waals surface area contributed by atoms with E-state index in [9.17, 15) is 4.79 Å². The van der Waals surface area contributed by atoms with Crippen molar-refractivity contribution < 1.29 is 9.53 Å². The van der Waals surface area contributed by atoms with Crippen LogP contribution < -0.4 is 5.32 Å². The molecule has 0 atom stereocenters. The van der Waals surface area contributed by atoms with E-state index in [0.717, 1.165) is 21.5 Å². The minimum absolute atomic E-state index is 0.282. The van der Waals surface area contributed by atoms with Crippen LogP contribution in [0.2, 0.25) is 0 Å². The molecule has 0 aromatic carbocycles. The standard InChI is InChI=1S/C16H19N5O2S/c1-5-23-16(22)13-10(4)12-14(17-8-18-15(12)24-13)20-11-6-19-21(7-11)9(2)3/h6-9H,5H2,1-4H3,(H,17,18,20). The Kier molecular flexibility index (Phi) is 4.48. The maximum Gasteiger partial charge on any atom is 0.348 e. The van der Waals surface area contributed by atoms with Crippen LogP contribution in [-0.2, 0) is 4.74 Å². The smallest absolute Gasteiger partial charge is 0.348 e. The molecule has 0 bridgehead atoms. The van der Waals surface area contributed by atoms with E-state index in [2.05, 4.69) is 34.2 Å². The van der Waals surface area contributed by atoms with Crippen LogP contribution in [0.3, 0.4) is 0 Å². The van der Waals surface area contributed by atoms with Crippen LogP contribution in [-0.4, -0.2) is 32.3 Å². The molecule has 0 aliphatic heterocycles. The quantitative estimate of drug-likeness (QED) is 0.710. The molecule has 7 nitrogen and oxygen atoms in total. The van der Waals surface area contributed by atoms with Gasteiger partial charge in [-0.2, -0.15) is 5.10 Å². The first kappa shape index (κ1) is 16.4. The Labute approximate surface area is 143 Å². The van der Waals surface area contributed by atoms with Gasteiger partial charge in [0.05, 0.1) is 23.9 Å². The predicted molar refractivity (Wildman–Crippen MR) is 94.0 cm³/mol. The summed E-state index contributed by atoms with van der Waals surface area (Å²) in [6, 6.07) is 0.282. The van der Waals surface area contributed by atoms with Crippen molar-refractivity contribution in [1.29, 1.82) is 0 Å². The zero-order valence-electron chi connectivity index (χ0n) is 14.0. The molecule has 126 valence electrons. The summed E-state index contributed by atoms with van der Waals surface area (Å²) >= 11 is 1.32. The summed E-state index contributed by atoms with van der Waals surface area (Å²) in [5, 5.41) is 8.41. The van der Waals surface area contributed by atoms with Crippen LogP contribution in [0.25, 0.3) is 10.2 Å². The summed E-state index contributed by atoms with van der Waals surface area (Å²) < 4.78 is 6.98. The van der Waals surface area contributed by atoms with E-state index < -0.39 is 0 Å². The van der Waals surface area contributed by atoms with Gasteiger partial charge in [0.25, 0.3) is 0 Å². The van der Waals surface area contributed by atoms with Gasteiger partial charge < -0.3 is 10.1 Å². The van der Waals surface area contributed by atoms with Gasteiger partial charge >= 0.3 is 5.97 Å². The van der Waals surface area contributed by atoms with E-state index >= 15 is 0 Å². The Hall–Kier alpha value is -2.48. The molecule has 3 aromatic rings. The zero-order chi connectivity index (χ0) is 17.3. The highest BCUT2D eigenvalue weighted by Crippen LogP contribution is 2.34. The molecule has 0 saturated heterocycles. The molecule has 0 aliphatic rings. The minimum Gasteiger partial charge on any atom is -0.462 e. The molecule has 0 aliphatic carbocycles. The first-order valence-electron chi connectivity index (χ1n) is 7.73. The molecular formula is C16H19N5O2S. The third-order valence-corrected chi connectivity index (χ3v) is 4.76. The summed E-state index contributed by atoms with van der Waals surface area (Å²) in [6.07, 6.45) is 5.16. The van der Waals surface area contributed by atoms with E-state index in [-0.39, 0.29) is 12.0 Å². The molecule has 3 rings (SSSR count). The van der Waals surface area contributed by atoms with Crippen molar-refractivity contribution in [3.05, 3.63) is 29.2 Å². The van der Waals surface area contributed by atoms with Gasteiger partial charge in [-0.25, -0.2) is 14.8 Å². The molecule has 8 heteroatoms. The summed E-state index contributed by atoms with van der Waals surface area (Å²) in [4.78, 5) is 22.0. The van der Waals surface area contributed by atoms with Gasteiger partial charge in [0.1, 0.15) is 21.9 Å². The van der Waals surface area contributed by atoms with Gasteiger partial charge in [0, 0.05) is 12.2 Å². The highest BCUT2D eigenvalue weighted by Gasteiger charge is 2.20. The second kappa shape index (κ2) is 6.56. The average Bonchev–Trinajstić information content (AvgIpc) is 3.13. The van der Waals surface area contributed by atoms with Crippen LogP contribution >= 0.6 is 11.3 Å². The number of hydrogen-bond acceptors (Lipinski definition) is 7. The Morgan fingerprint density at radius 2 is 2.21 bits per heavy atom. The molecular weight excluding hydrogens is 326 g/mol. The molecule has 0 radical (unpaired) electrons. The number of nitrogens with zero attached hydrogens (tertiary/aromatic N) is 4. The molecule has 0 saturated carbocycles. The molecule has 24 heavy (non-hydrogen) atoms. The highest BCUT2D eigenvalue weighted by molar-refractivity contribution is 7.20. The lowest BCUT2D eigenvalue weighted by Gasteiger charge is -2.06. The van der Waals surface area contributed by atoms with Gasteiger partial charge in [-0.15, -0.1) is 11.3 Å². The Balaban J connectivity index is 2.00. The summed E-state index contributed by atoms with van der Waals surface area (Å²) in [6.45, 7) is 8.15. The Morgan fingerprint density at radius 1 is 1.42 bits per heavy atom. The van der Waals surface area contributed by atoms with Crippen molar-refractivity contribution >= 4 is 39.0 Å². The number of hydrogen-bond donors (Lipinski definition) is 1. The maximum absolute atomic E-state index is 12.1. The molecule has 3 heterocycles. The number of carbonyl (C=O) groups excluding carboxylic acids is 1. The summed E-state index contributed by atoms with van der Waals surface area (Å²) in [5.41, 5.74) is 1.67. The van der Waals surface area contributed by atoms with E-state index in [1.807, 2.05) is 17.8 Å². The molecule has 0 amide bonds. The third kappa shape index (κ3) is 2.96. The Bertz CT molecular complexity index is 884. The van der Waals surface area contributed by atoms with E-state index in [1.54, 1.807) is 13.1 Å². The fraction of sp³-hybridized carbons (Fsp3) is 0.375. The number of ether oxygens (including phenoxy) is 1. The lowest BCUT2D eigenvalue weighted by Crippen LogP contribution is -2.03. The average molecular weight is 345 g/mol. The van der Waals surface area contributed by atoms with Crippen LogP contribution in [0.5, 0.6) is 0 Å². The second-order valence-electron chi connectivity index (χ2n) is 5.61. The van der Waals surface area contributed by atoms with Crippen molar-refractivity contribution in [2.75, 3.05) is 11.9 Å². The van der Waals surface area contributed by atoms with Gasteiger partial charge in [-0.05, 0) is 33.3 Å². The number of carbonyl (C=O) groups is 1. The number of aromatic nitrogens is 4. The number of rotatable bonds is 5. The van der Waals surface area contributed by atoms with E-state index in [0.29, 0.717) is 17.3 Å². The van der Waals surface area contributed by atoms with E-state index in [1.165, 1.54) is 17.7 Å². The van der Waals surface area contributed by atoms with Crippen molar-refractivity contribution in [2.24, 2.45) is 0 Å². The molecule has 1 N–H and O–H groups in total. The van der Waals surface area contributed by atoms with Gasteiger partial charge in [0.2, 0.25) is 0 Å². The Morgan fingerprint density at radius 3 is 2.88 bits per heavy atom. The van der Waals surface area contributed by atoms with Crippen LogP contribution in [0.1, 0.15) is 42.0 Å². The van der Waals surface area contributed by atoms with Crippen molar-refractivity contribution in [1.82, 2.24) is 19.7 Å². The zero-order valence-corrected chi connectivity index (χ0v) is 14.8. The van der Waals surface area contributed by atoms with Crippen molar-refractivity contribution in [3.8, 4) is 0 Å². The van der Waals surface area contributed by atoms with Gasteiger partial charge in [-0.3, -0.25) is 4.68 Å². The largest absolute Gasteiger partial charge is 0.462 e. The number of esters is 1. The number of thiophene rings is 1. The second-order valence-corrected chi connectivity index (χ2v) is 6.61. The first-order valence-corrected chi connectivity index (χ1v) is 8.55. The van der Waals surface area contributed by atoms with Crippen LogP contribution in [0.15, 0.2) is 18.7 Å². The molecule has 0 spiro atoms. The predicted octanol–water partition coefficient (Wildman–Crippen LogP) is 3.70. The van der Waals surface area contributed by atoms with Gasteiger partial charge in [-0.1, -0.05) is 0 Å². The lowest BCUT2D eigenvalue weighted by molar-refractivity contribution is 0.0531. The number of anilines is 2. The van der Waals surface area contributed by atoms with Crippen molar-refractivity contribution in [2.45, 2.75) is 33.7 Å². The minimum atomic E-state index is -0.323. The number of nitrogens with one attached hydrogen (secondary N) is 1. The third-order valence-electron chi connectivity index (χ3n) is 3.58. The maximum atomic E-state index is 12.1. The summed E-state index contributed by atoms with van der Waals surface area (Å²) in [7, 11) is 0. The highest BCUT2D eigenvalue weighted by atomic mass is 32.1. The molecule has 3 aromatic heterocycles. The fourth-order valence-electron chi connectivity index (χ4n) is 2.38. The molecule has 0 unspecified atom stereocenters.